The van der Waals surface area contributed by atoms with Crippen molar-refractivity contribution >= 4 is 34.0 Å². The highest BCUT2D eigenvalue weighted by Gasteiger charge is 2.10. The lowest BCUT2D eigenvalue weighted by Crippen LogP contribution is -1.85. The van der Waals surface area contributed by atoms with Crippen molar-refractivity contribution in [3.05, 3.63) is 108 Å². The van der Waals surface area contributed by atoms with Crippen LogP contribution in [-0.2, 0) is 0 Å². The Kier molecular flexibility index (Phi) is 3.84. The van der Waals surface area contributed by atoms with Gasteiger partial charge in [-0.2, -0.15) is 0 Å². The van der Waals surface area contributed by atoms with E-state index >= 15 is 0 Å². The zero-order valence-electron chi connectivity index (χ0n) is 14.9. The summed E-state index contributed by atoms with van der Waals surface area (Å²) in [5.41, 5.74) is 7.26. The van der Waals surface area contributed by atoms with Gasteiger partial charge in [0.1, 0.15) is 0 Å². The summed E-state index contributed by atoms with van der Waals surface area (Å²) >= 11 is 0. The van der Waals surface area contributed by atoms with Gasteiger partial charge >= 0.3 is 0 Å². The third kappa shape index (κ3) is 2.84. The number of hydrogen-bond acceptors (Lipinski definition) is 0. The first-order valence-electron chi connectivity index (χ1n) is 9.22. The van der Waals surface area contributed by atoms with Crippen LogP contribution in [0.1, 0.15) is 11.1 Å². The van der Waals surface area contributed by atoms with Crippen LogP contribution in [0.3, 0.4) is 0 Å². The first kappa shape index (κ1) is 15.7. The number of H-pyrrole nitrogens is 1. The number of aromatic nitrogens is 1. The van der Waals surface area contributed by atoms with Gasteiger partial charge in [-0.25, -0.2) is 0 Å². The molecule has 5 rings (SSSR count). The molecular formula is C26H19N. The minimum absolute atomic E-state index is 1.18. The summed E-state index contributed by atoms with van der Waals surface area (Å²) < 4.78 is 0. The summed E-state index contributed by atoms with van der Waals surface area (Å²) in [7, 11) is 0. The largest absolute Gasteiger partial charge is 0.354 e. The number of aromatic amines is 1. The molecule has 0 atom stereocenters. The Bertz CT molecular complexity index is 1260. The molecule has 0 radical (unpaired) electrons. The van der Waals surface area contributed by atoms with Crippen molar-refractivity contribution in [3.63, 3.8) is 0 Å². The van der Waals surface area contributed by atoms with E-state index in [4.69, 9.17) is 0 Å². The molecule has 0 saturated carbocycles. The fourth-order valence-corrected chi connectivity index (χ4v) is 3.74. The molecule has 0 unspecified atom stereocenters. The average Bonchev–Trinajstić information content (AvgIpc) is 3.12. The van der Waals surface area contributed by atoms with Crippen LogP contribution in [0.2, 0.25) is 0 Å². The van der Waals surface area contributed by atoms with Crippen molar-refractivity contribution in [2.75, 3.05) is 0 Å². The van der Waals surface area contributed by atoms with E-state index in [1.807, 2.05) is 6.07 Å². The standard InChI is InChI=1S/C26H19N/c1-2-9-19(10-3-1)17-18-20-11-4-5-12-21(20)23-14-8-15-24-22-13-6-7-16-25(22)27-26(23)24/h1-18,27H. The summed E-state index contributed by atoms with van der Waals surface area (Å²) in [6.45, 7) is 0. The first-order chi connectivity index (χ1) is 13.4. The number of rotatable bonds is 3. The van der Waals surface area contributed by atoms with Gasteiger partial charge in [0.05, 0.1) is 5.52 Å². The number of hydrogen-bond donors (Lipinski definition) is 1. The summed E-state index contributed by atoms with van der Waals surface area (Å²) in [5, 5.41) is 2.54. The van der Waals surface area contributed by atoms with Crippen LogP contribution in [0.4, 0.5) is 0 Å². The lowest BCUT2D eigenvalue weighted by atomic mass is 9.97. The Morgan fingerprint density at radius 3 is 2.15 bits per heavy atom. The van der Waals surface area contributed by atoms with E-state index in [1.165, 1.54) is 44.1 Å². The lowest BCUT2D eigenvalue weighted by molar-refractivity contribution is 1.53. The van der Waals surface area contributed by atoms with Crippen molar-refractivity contribution in [1.82, 2.24) is 4.98 Å². The number of fused-ring (bicyclic) bond motifs is 3. The highest BCUT2D eigenvalue weighted by molar-refractivity contribution is 6.12. The van der Waals surface area contributed by atoms with E-state index in [2.05, 4.69) is 108 Å². The van der Waals surface area contributed by atoms with E-state index in [-0.39, 0.29) is 0 Å². The monoisotopic (exact) mass is 345 g/mol. The topological polar surface area (TPSA) is 15.8 Å². The van der Waals surface area contributed by atoms with Gasteiger partial charge in [0.2, 0.25) is 0 Å². The molecule has 1 heteroatoms. The molecule has 1 aromatic heterocycles. The van der Waals surface area contributed by atoms with Gasteiger partial charge in [-0.1, -0.05) is 103 Å². The van der Waals surface area contributed by atoms with Crippen molar-refractivity contribution in [2.45, 2.75) is 0 Å². The first-order valence-corrected chi connectivity index (χ1v) is 9.22. The highest BCUT2D eigenvalue weighted by atomic mass is 14.7. The maximum Gasteiger partial charge on any atom is 0.0544 e. The molecule has 0 aliphatic carbocycles. The van der Waals surface area contributed by atoms with Gasteiger partial charge in [-0.05, 0) is 22.8 Å². The van der Waals surface area contributed by atoms with Gasteiger partial charge in [-0.15, -0.1) is 0 Å². The van der Waals surface area contributed by atoms with Crippen molar-refractivity contribution in [3.8, 4) is 11.1 Å². The summed E-state index contributed by atoms with van der Waals surface area (Å²) in [4.78, 5) is 3.62. The Labute approximate surface area is 158 Å². The molecular weight excluding hydrogens is 326 g/mol. The SMILES string of the molecule is C(=Cc1ccccc1-c1cccc2c1[nH]c1ccccc12)c1ccccc1. The summed E-state index contributed by atoms with van der Waals surface area (Å²) in [6.07, 6.45) is 4.37. The van der Waals surface area contributed by atoms with Gasteiger partial charge in [0.25, 0.3) is 0 Å². The zero-order valence-corrected chi connectivity index (χ0v) is 14.9. The van der Waals surface area contributed by atoms with Crippen LogP contribution in [0, 0.1) is 0 Å². The summed E-state index contributed by atoms with van der Waals surface area (Å²) in [6, 6.07) is 34.0. The van der Waals surface area contributed by atoms with E-state index in [1.54, 1.807) is 0 Å². The molecule has 1 N–H and O–H groups in total. The molecule has 4 aromatic carbocycles. The minimum atomic E-state index is 1.18. The van der Waals surface area contributed by atoms with Crippen LogP contribution in [0.5, 0.6) is 0 Å². The van der Waals surface area contributed by atoms with E-state index in [9.17, 15) is 0 Å². The molecule has 0 spiro atoms. The van der Waals surface area contributed by atoms with Crippen LogP contribution in [-0.4, -0.2) is 4.98 Å². The number of benzene rings is 4. The molecule has 0 amide bonds. The van der Waals surface area contributed by atoms with Crippen molar-refractivity contribution in [1.29, 1.82) is 0 Å². The Balaban J connectivity index is 1.69. The maximum atomic E-state index is 3.62. The second kappa shape index (κ2) is 6.62. The van der Waals surface area contributed by atoms with Crippen LogP contribution >= 0.6 is 0 Å². The molecule has 0 fully saturated rings. The molecule has 27 heavy (non-hydrogen) atoms. The van der Waals surface area contributed by atoms with Crippen molar-refractivity contribution < 1.29 is 0 Å². The van der Waals surface area contributed by atoms with Gasteiger partial charge < -0.3 is 4.98 Å². The quantitative estimate of drug-likeness (QED) is 0.334. The Morgan fingerprint density at radius 2 is 1.22 bits per heavy atom. The molecule has 5 aromatic rings. The van der Waals surface area contributed by atoms with Crippen LogP contribution in [0.25, 0.3) is 45.1 Å². The number of nitrogens with one attached hydrogen (secondary N) is 1. The predicted molar refractivity (Wildman–Crippen MR) is 117 cm³/mol. The average molecular weight is 345 g/mol. The Hall–Kier alpha value is -3.58. The minimum Gasteiger partial charge on any atom is -0.354 e. The normalized spacial score (nSPS) is 11.6. The summed E-state index contributed by atoms with van der Waals surface area (Å²) in [5.74, 6) is 0. The third-order valence-corrected chi connectivity index (χ3v) is 5.05. The second-order valence-electron chi connectivity index (χ2n) is 6.73. The Morgan fingerprint density at radius 1 is 0.519 bits per heavy atom. The van der Waals surface area contributed by atoms with Crippen LogP contribution in [0.15, 0.2) is 97.1 Å². The van der Waals surface area contributed by atoms with E-state index in [0.29, 0.717) is 0 Å². The second-order valence-corrected chi connectivity index (χ2v) is 6.73. The molecule has 128 valence electrons. The fraction of sp³-hybridized carbons (Fsp3) is 0. The fourth-order valence-electron chi connectivity index (χ4n) is 3.74. The maximum absolute atomic E-state index is 3.62. The molecule has 1 heterocycles. The van der Waals surface area contributed by atoms with Gasteiger partial charge in [-0.3, -0.25) is 0 Å². The molecule has 0 bridgehead atoms. The van der Waals surface area contributed by atoms with E-state index < -0.39 is 0 Å². The molecule has 0 aliphatic rings. The highest BCUT2D eigenvalue weighted by Crippen LogP contribution is 2.35. The molecule has 1 nitrogen and oxygen atoms in total. The van der Waals surface area contributed by atoms with Gasteiger partial charge in [0, 0.05) is 21.9 Å². The lowest BCUT2D eigenvalue weighted by Gasteiger charge is -2.08. The molecule has 0 saturated heterocycles. The molecule has 0 aliphatic heterocycles. The van der Waals surface area contributed by atoms with Crippen LogP contribution < -0.4 is 0 Å². The zero-order chi connectivity index (χ0) is 18.1. The number of para-hydroxylation sites is 2. The van der Waals surface area contributed by atoms with E-state index in [0.717, 1.165) is 0 Å². The van der Waals surface area contributed by atoms with Crippen molar-refractivity contribution in [2.24, 2.45) is 0 Å². The smallest absolute Gasteiger partial charge is 0.0544 e. The predicted octanol–water partition coefficient (Wildman–Crippen LogP) is 7.16. The van der Waals surface area contributed by atoms with Gasteiger partial charge in [0.15, 0.2) is 0 Å². The third-order valence-electron chi connectivity index (χ3n) is 5.05.